The Morgan fingerprint density at radius 3 is 2.68 bits per heavy atom. The van der Waals surface area contributed by atoms with Gasteiger partial charge in [0.15, 0.2) is 6.61 Å². The molecular formula is C19H23N3O6. The summed E-state index contributed by atoms with van der Waals surface area (Å²) in [5.41, 5.74) is 1.53. The number of ether oxygens (including phenoxy) is 2. The second-order valence-corrected chi connectivity index (χ2v) is 6.06. The van der Waals surface area contributed by atoms with Crippen LogP contribution >= 0.6 is 0 Å². The Kier molecular flexibility index (Phi) is 7.25. The Morgan fingerprint density at radius 2 is 2.00 bits per heavy atom. The average molecular weight is 389 g/mol. The van der Waals surface area contributed by atoms with Gasteiger partial charge in [0.1, 0.15) is 5.69 Å². The van der Waals surface area contributed by atoms with E-state index >= 15 is 0 Å². The van der Waals surface area contributed by atoms with Crippen LogP contribution in [0, 0.1) is 6.92 Å². The second kappa shape index (κ2) is 9.63. The van der Waals surface area contributed by atoms with Crippen LogP contribution in [-0.2, 0) is 25.6 Å². The molecule has 2 aromatic rings. The van der Waals surface area contributed by atoms with Crippen molar-refractivity contribution < 1.29 is 23.9 Å². The van der Waals surface area contributed by atoms with Crippen LogP contribution in [0.25, 0.3) is 11.0 Å². The minimum Gasteiger partial charge on any atom is -0.469 e. The highest BCUT2D eigenvalue weighted by Gasteiger charge is 2.13. The molecule has 2 rings (SSSR count). The van der Waals surface area contributed by atoms with Gasteiger partial charge in [0, 0.05) is 19.5 Å². The van der Waals surface area contributed by atoms with Gasteiger partial charge < -0.3 is 19.4 Å². The number of esters is 2. The van der Waals surface area contributed by atoms with E-state index in [2.05, 4.69) is 15.0 Å². The van der Waals surface area contributed by atoms with Gasteiger partial charge in [-0.25, -0.2) is 9.78 Å². The fraction of sp³-hybridized carbons (Fsp3) is 0.421. The van der Waals surface area contributed by atoms with Crippen LogP contribution in [0.2, 0.25) is 0 Å². The summed E-state index contributed by atoms with van der Waals surface area (Å²) >= 11 is 0. The van der Waals surface area contributed by atoms with Crippen molar-refractivity contribution in [3.63, 3.8) is 0 Å². The number of aromatic nitrogens is 2. The lowest BCUT2D eigenvalue weighted by Gasteiger charge is -2.10. The zero-order valence-electron chi connectivity index (χ0n) is 16.1. The fourth-order valence-electron chi connectivity index (χ4n) is 2.64. The van der Waals surface area contributed by atoms with E-state index in [1.54, 1.807) is 17.6 Å². The summed E-state index contributed by atoms with van der Waals surface area (Å²) < 4.78 is 11.1. The van der Waals surface area contributed by atoms with Crippen molar-refractivity contribution in [3.8, 4) is 0 Å². The first-order chi connectivity index (χ1) is 13.4. The summed E-state index contributed by atoms with van der Waals surface area (Å²) in [4.78, 5) is 51.2. The summed E-state index contributed by atoms with van der Waals surface area (Å²) in [5, 5.41) is 2.55. The SMILES string of the molecule is CCn1c(=O)c(C)nc2cc(C(=O)OCC(=O)NCCCC(=O)OC)ccc21. The van der Waals surface area contributed by atoms with Crippen LogP contribution in [0.4, 0.5) is 0 Å². The highest BCUT2D eigenvalue weighted by Crippen LogP contribution is 2.14. The van der Waals surface area contributed by atoms with Gasteiger partial charge in [0.05, 0.1) is 23.7 Å². The van der Waals surface area contributed by atoms with E-state index in [9.17, 15) is 19.2 Å². The molecule has 0 bridgehead atoms. The van der Waals surface area contributed by atoms with Crippen molar-refractivity contribution in [1.29, 1.82) is 0 Å². The average Bonchev–Trinajstić information content (AvgIpc) is 2.69. The van der Waals surface area contributed by atoms with Gasteiger partial charge >= 0.3 is 11.9 Å². The van der Waals surface area contributed by atoms with Crippen LogP contribution in [-0.4, -0.2) is 47.7 Å². The Balaban J connectivity index is 1.96. The van der Waals surface area contributed by atoms with Crippen LogP contribution in [0.1, 0.15) is 35.8 Å². The number of nitrogens with zero attached hydrogens (tertiary/aromatic N) is 2. The number of aryl methyl sites for hydroxylation is 2. The molecule has 9 heteroatoms. The molecule has 1 aromatic carbocycles. The highest BCUT2D eigenvalue weighted by molar-refractivity contribution is 5.94. The van der Waals surface area contributed by atoms with Gasteiger partial charge in [-0.2, -0.15) is 0 Å². The maximum absolute atomic E-state index is 12.2. The van der Waals surface area contributed by atoms with E-state index in [1.165, 1.54) is 19.2 Å². The first-order valence-corrected chi connectivity index (χ1v) is 8.89. The number of methoxy groups -OCH3 is 1. The van der Waals surface area contributed by atoms with E-state index in [0.717, 1.165) is 0 Å². The molecule has 0 saturated carbocycles. The van der Waals surface area contributed by atoms with Crippen molar-refractivity contribution in [2.45, 2.75) is 33.2 Å². The van der Waals surface area contributed by atoms with E-state index in [0.29, 0.717) is 29.7 Å². The number of amides is 1. The van der Waals surface area contributed by atoms with Gasteiger partial charge in [0.25, 0.3) is 11.5 Å². The number of nitrogens with one attached hydrogen (secondary N) is 1. The molecule has 9 nitrogen and oxygen atoms in total. The molecule has 150 valence electrons. The molecule has 0 aliphatic carbocycles. The number of hydrogen-bond acceptors (Lipinski definition) is 7. The molecule has 0 fully saturated rings. The van der Waals surface area contributed by atoms with Gasteiger partial charge in [0.2, 0.25) is 0 Å². The zero-order valence-corrected chi connectivity index (χ0v) is 16.1. The Labute approximate surface area is 161 Å². The lowest BCUT2D eigenvalue weighted by molar-refractivity contribution is -0.140. The largest absolute Gasteiger partial charge is 0.469 e. The molecule has 1 amide bonds. The Morgan fingerprint density at radius 1 is 1.25 bits per heavy atom. The van der Waals surface area contributed by atoms with E-state index in [1.807, 2.05) is 6.92 Å². The third-order valence-corrected chi connectivity index (χ3v) is 4.10. The molecule has 0 aliphatic heterocycles. The minimum atomic E-state index is -0.666. The van der Waals surface area contributed by atoms with Gasteiger partial charge in [-0.1, -0.05) is 0 Å². The number of rotatable bonds is 8. The second-order valence-electron chi connectivity index (χ2n) is 6.06. The van der Waals surface area contributed by atoms with Gasteiger partial charge in [-0.3, -0.25) is 14.4 Å². The molecule has 0 unspecified atom stereocenters. The van der Waals surface area contributed by atoms with Gasteiger partial charge in [-0.05, 0) is 38.5 Å². The lowest BCUT2D eigenvalue weighted by atomic mass is 10.2. The molecule has 1 heterocycles. The first kappa shape index (κ1) is 21.1. The monoisotopic (exact) mass is 389 g/mol. The molecular weight excluding hydrogens is 366 g/mol. The van der Waals surface area contributed by atoms with E-state index in [4.69, 9.17) is 4.74 Å². The van der Waals surface area contributed by atoms with Crippen LogP contribution in [0.5, 0.6) is 0 Å². The molecule has 0 spiro atoms. The summed E-state index contributed by atoms with van der Waals surface area (Å²) in [5.74, 6) is -1.48. The van der Waals surface area contributed by atoms with Crippen molar-refractivity contribution in [3.05, 3.63) is 39.8 Å². The van der Waals surface area contributed by atoms with Gasteiger partial charge in [-0.15, -0.1) is 0 Å². The lowest BCUT2D eigenvalue weighted by Crippen LogP contribution is -2.30. The fourth-order valence-corrected chi connectivity index (χ4v) is 2.64. The maximum Gasteiger partial charge on any atom is 0.338 e. The summed E-state index contributed by atoms with van der Waals surface area (Å²) in [6.07, 6.45) is 0.629. The third kappa shape index (κ3) is 5.15. The number of hydrogen-bond donors (Lipinski definition) is 1. The van der Waals surface area contributed by atoms with Crippen molar-refractivity contribution in [2.24, 2.45) is 0 Å². The Bertz CT molecular complexity index is 951. The van der Waals surface area contributed by atoms with Crippen molar-refractivity contribution in [2.75, 3.05) is 20.3 Å². The predicted octanol–water partition coefficient (Wildman–Crippen LogP) is 0.951. The highest BCUT2D eigenvalue weighted by atomic mass is 16.5. The molecule has 1 N–H and O–H groups in total. The van der Waals surface area contributed by atoms with Crippen LogP contribution < -0.4 is 10.9 Å². The zero-order chi connectivity index (χ0) is 20.7. The predicted molar refractivity (Wildman–Crippen MR) is 101 cm³/mol. The number of carbonyl (C=O) groups is 3. The molecule has 1 aromatic heterocycles. The quantitative estimate of drug-likeness (QED) is 0.528. The molecule has 0 aliphatic rings. The van der Waals surface area contributed by atoms with E-state index in [-0.39, 0.29) is 30.1 Å². The topological polar surface area (TPSA) is 117 Å². The summed E-state index contributed by atoms with van der Waals surface area (Å²) in [6, 6.07) is 4.70. The maximum atomic E-state index is 12.2. The summed E-state index contributed by atoms with van der Waals surface area (Å²) in [6.45, 7) is 3.80. The molecule has 0 radical (unpaired) electrons. The normalized spacial score (nSPS) is 10.5. The standard InChI is InChI=1S/C19H23N3O6/c1-4-22-15-8-7-13(10-14(15)21-12(2)18(22)25)19(26)28-11-16(23)20-9-5-6-17(24)27-3/h7-8,10H,4-6,9,11H2,1-3H3,(H,20,23). The van der Waals surface area contributed by atoms with E-state index < -0.39 is 18.5 Å². The first-order valence-electron chi connectivity index (χ1n) is 8.89. The minimum absolute atomic E-state index is 0.172. The third-order valence-electron chi connectivity index (χ3n) is 4.10. The Hall–Kier alpha value is -3.23. The van der Waals surface area contributed by atoms with Crippen molar-refractivity contribution in [1.82, 2.24) is 14.9 Å². The summed E-state index contributed by atoms with van der Waals surface area (Å²) in [7, 11) is 1.30. The van der Waals surface area contributed by atoms with Crippen molar-refractivity contribution >= 4 is 28.9 Å². The number of fused-ring (bicyclic) bond motifs is 1. The number of benzene rings is 1. The van der Waals surface area contributed by atoms with Crippen LogP contribution in [0.15, 0.2) is 23.0 Å². The molecule has 28 heavy (non-hydrogen) atoms. The number of carbonyl (C=O) groups excluding carboxylic acids is 3. The van der Waals surface area contributed by atoms with Crippen LogP contribution in [0.3, 0.4) is 0 Å². The molecule has 0 saturated heterocycles. The smallest absolute Gasteiger partial charge is 0.338 e. The molecule has 0 atom stereocenters.